The lowest BCUT2D eigenvalue weighted by molar-refractivity contribution is 0.0613. The molecular weight excluding hydrogens is 200 g/mol. The van der Waals surface area contributed by atoms with E-state index in [0.717, 1.165) is 6.42 Å². The number of aryl methyl sites for hydroxylation is 1. The molecule has 0 radical (unpaired) electrons. The molecule has 1 rings (SSSR count). The predicted octanol–water partition coefficient (Wildman–Crippen LogP) is 1.79. The summed E-state index contributed by atoms with van der Waals surface area (Å²) in [4.78, 5) is 0. The van der Waals surface area contributed by atoms with Crippen LogP contribution in [-0.2, 0) is 11.2 Å². The Labute approximate surface area is 98.0 Å². The van der Waals surface area contributed by atoms with Gasteiger partial charge in [-0.05, 0) is 38.3 Å². The van der Waals surface area contributed by atoms with E-state index in [1.165, 1.54) is 11.1 Å². The zero-order valence-electron chi connectivity index (χ0n) is 10.4. The number of nitrogens with one attached hydrogen (secondary N) is 1. The smallest absolute Gasteiger partial charge is 0.0639 e. The SMILES string of the molecule is Cc1ccccc1CC(COC(C)C)NN. The fourth-order valence-electron chi connectivity index (χ4n) is 1.58. The number of hydrogen-bond donors (Lipinski definition) is 2. The quantitative estimate of drug-likeness (QED) is 0.570. The van der Waals surface area contributed by atoms with Crippen molar-refractivity contribution in [2.45, 2.75) is 39.3 Å². The van der Waals surface area contributed by atoms with Gasteiger partial charge in [-0.25, -0.2) is 0 Å². The fraction of sp³-hybridized carbons (Fsp3) is 0.538. The fourth-order valence-corrected chi connectivity index (χ4v) is 1.58. The Bertz CT molecular complexity index is 313. The molecule has 16 heavy (non-hydrogen) atoms. The van der Waals surface area contributed by atoms with E-state index < -0.39 is 0 Å². The highest BCUT2D eigenvalue weighted by molar-refractivity contribution is 5.26. The van der Waals surface area contributed by atoms with Crippen LogP contribution in [0.15, 0.2) is 24.3 Å². The van der Waals surface area contributed by atoms with Crippen molar-refractivity contribution in [1.29, 1.82) is 0 Å². The second kappa shape index (κ2) is 6.63. The molecule has 0 saturated heterocycles. The van der Waals surface area contributed by atoms with E-state index in [4.69, 9.17) is 10.6 Å². The molecule has 0 aliphatic rings. The van der Waals surface area contributed by atoms with Gasteiger partial charge in [0.2, 0.25) is 0 Å². The van der Waals surface area contributed by atoms with Crippen molar-refractivity contribution in [2.75, 3.05) is 6.61 Å². The topological polar surface area (TPSA) is 47.3 Å². The van der Waals surface area contributed by atoms with Crippen molar-refractivity contribution in [2.24, 2.45) is 5.84 Å². The van der Waals surface area contributed by atoms with E-state index in [-0.39, 0.29) is 12.1 Å². The third kappa shape index (κ3) is 4.31. The number of hydrazine groups is 1. The van der Waals surface area contributed by atoms with Gasteiger partial charge in [-0.15, -0.1) is 0 Å². The van der Waals surface area contributed by atoms with Crippen molar-refractivity contribution < 1.29 is 4.74 Å². The summed E-state index contributed by atoms with van der Waals surface area (Å²) in [6, 6.07) is 8.53. The molecule has 3 heteroatoms. The first-order valence-corrected chi connectivity index (χ1v) is 5.75. The largest absolute Gasteiger partial charge is 0.377 e. The van der Waals surface area contributed by atoms with Crippen LogP contribution in [0.2, 0.25) is 0 Å². The van der Waals surface area contributed by atoms with Gasteiger partial charge in [0.1, 0.15) is 0 Å². The molecule has 1 aromatic carbocycles. The van der Waals surface area contributed by atoms with Crippen molar-refractivity contribution in [3.8, 4) is 0 Å². The van der Waals surface area contributed by atoms with Gasteiger partial charge in [-0.2, -0.15) is 0 Å². The van der Waals surface area contributed by atoms with Gasteiger partial charge in [-0.1, -0.05) is 24.3 Å². The number of benzene rings is 1. The molecule has 0 saturated carbocycles. The second-order valence-electron chi connectivity index (χ2n) is 4.38. The maximum absolute atomic E-state index is 5.56. The van der Waals surface area contributed by atoms with Gasteiger partial charge in [-0.3, -0.25) is 11.3 Å². The van der Waals surface area contributed by atoms with Crippen LogP contribution >= 0.6 is 0 Å². The number of nitrogens with two attached hydrogens (primary N) is 1. The maximum atomic E-state index is 5.56. The van der Waals surface area contributed by atoms with Gasteiger partial charge < -0.3 is 4.74 Å². The molecule has 3 N–H and O–H groups in total. The Morgan fingerprint density at radius 2 is 2.00 bits per heavy atom. The lowest BCUT2D eigenvalue weighted by Gasteiger charge is -2.18. The summed E-state index contributed by atoms with van der Waals surface area (Å²) in [5.74, 6) is 5.53. The molecule has 0 aliphatic heterocycles. The summed E-state index contributed by atoms with van der Waals surface area (Å²) in [5.41, 5.74) is 5.42. The Hall–Kier alpha value is -0.900. The van der Waals surface area contributed by atoms with E-state index >= 15 is 0 Å². The van der Waals surface area contributed by atoms with E-state index in [0.29, 0.717) is 6.61 Å². The Balaban J connectivity index is 2.53. The highest BCUT2D eigenvalue weighted by atomic mass is 16.5. The van der Waals surface area contributed by atoms with Crippen molar-refractivity contribution in [3.05, 3.63) is 35.4 Å². The first-order chi connectivity index (χ1) is 7.63. The summed E-state index contributed by atoms with van der Waals surface area (Å²) in [6.07, 6.45) is 1.14. The zero-order chi connectivity index (χ0) is 12.0. The minimum atomic E-state index is 0.170. The van der Waals surface area contributed by atoms with E-state index in [2.05, 4.69) is 30.5 Å². The standard InChI is InChI=1S/C13H22N2O/c1-10(2)16-9-13(15-14)8-12-7-5-4-6-11(12)3/h4-7,10,13,15H,8-9,14H2,1-3H3. The lowest BCUT2D eigenvalue weighted by atomic mass is 10.0. The summed E-state index contributed by atoms with van der Waals surface area (Å²) >= 11 is 0. The third-order valence-corrected chi connectivity index (χ3v) is 2.59. The molecule has 0 aliphatic carbocycles. The van der Waals surface area contributed by atoms with Crippen LogP contribution in [-0.4, -0.2) is 18.8 Å². The van der Waals surface area contributed by atoms with Crippen LogP contribution in [0.3, 0.4) is 0 Å². The minimum Gasteiger partial charge on any atom is -0.377 e. The molecule has 1 atom stereocenters. The molecule has 0 bridgehead atoms. The first kappa shape index (κ1) is 13.2. The second-order valence-corrected chi connectivity index (χ2v) is 4.38. The van der Waals surface area contributed by atoms with Crippen LogP contribution in [0.5, 0.6) is 0 Å². The Morgan fingerprint density at radius 1 is 1.31 bits per heavy atom. The highest BCUT2D eigenvalue weighted by Crippen LogP contribution is 2.10. The Morgan fingerprint density at radius 3 is 2.56 bits per heavy atom. The van der Waals surface area contributed by atoms with Crippen molar-refractivity contribution >= 4 is 0 Å². The monoisotopic (exact) mass is 222 g/mol. The maximum Gasteiger partial charge on any atom is 0.0639 e. The summed E-state index contributed by atoms with van der Waals surface area (Å²) < 4.78 is 5.56. The van der Waals surface area contributed by atoms with E-state index in [9.17, 15) is 0 Å². The van der Waals surface area contributed by atoms with Crippen LogP contribution < -0.4 is 11.3 Å². The molecule has 0 amide bonds. The highest BCUT2D eigenvalue weighted by Gasteiger charge is 2.10. The molecule has 0 spiro atoms. The molecule has 0 heterocycles. The lowest BCUT2D eigenvalue weighted by Crippen LogP contribution is -2.41. The van der Waals surface area contributed by atoms with Crippen LogP contribution in [0.1, 0.15) is 25.0 Å². The third-order valence-electron chi connectivity index (χ3n) is 2.59. The summed E-state index contributed by atoms with van der Waals surface area (Å²) in [7, 11) is 0. The van der Waals surface area contributed by atoms with Gasteiger partial charge in [0.15, 0.2) is 0 Å². The average Bonchev–Trinajstić information content (AvgIpc) is 2.26. The molecule has 1 aromatic rings. The van der Waals surface area contributed by atoms with Crippen molar-refractivity contribution in [1.82, 2.24) is 5.43 Å². The Kier molecular flexibility index (Phi) is 5.46. The summed E-state index contributed by atoms with van der Waals surface area (Å²) in [6.45, 7) is 6.82. The van der Waals surface area contributed by atoms with Gasteiger partial charge in [0, 0.05) is 6.04 Å². The summed E-state index contributed by atoms with van der Waals surface area (Å²) in [5, 5.41) is 0. The first-order valence-electron chi connectivity index (χ1n) is 5.75. The van der Waals surface area contributed by atoms with Crippen molar-refractivity contribution in [3.63, 3.8) is 0 Å². The molecule has 0 fully saturated rings. The van der Waals surface area contributed by atoms with Gasteiger partial charge in [0.25, 0.3) is 0 Å². The molecule has 3 nitrogen and oxygen atoms in total. The number of ether oxygens (including phenoxy) is 1. The molecule has 0 aromatic heterocycles. The van der Waals surface area contributed by atoms with E-state index in [1.54, 1.807) is 0 Å². The average molecular weight is 222 g/mol. The van der Waals surface area contributed by atoms with Crippen LogP contribution in [0.25, 0.3) is 0 Å². The molecule has 90 valence electrons. The molecule has 1 unspecified atom stereocenters. The van der Waals surface area contributed by atoms with Gasteiger partial charge in [0.05, 0.1) is 12.7 Å². The van der Waals surface area contributed by atoms with E-state index in [1.807, 2.05) is 19.9 Å². The normalized spacial score (nSPS) is 13.1. The number of rotatable bonds is 6. The van der Waals surface area contributed by atoms with Gasteiger partial charge >= 0.3 is 0 Å². The molecular formula is C13H22N2O. The predicted molar refractivity (Wildman–Crippen MR) is 67.1 cm³/mol. The number of hydrogen-bond acceptors (Lipinski definition) is 3. The zero-order valence-corrected chi connectivity index (χ0v) is 10.4. The van der Waals surface area contributed by atoms with Crippen LogP contribution in [0, 0.1) is 6.92 Å². The van der Waals surface area contributed by atoms with Crippen LogP contribution in [0.4, 0.5) is 0 Å². The minimum absolute atomic E-state index is 0.170.